The average molecular weight is 369 g/mol. The van der Waals surface area contributed by atoms with Gasteiger partial charge in [-0.2, -0.15) is 0 Å². The minimum Gasteiger partial charge on any atom is -0.457 e. The van der Waals surface area contributed by atoms with Crippen molar-refractivity contribution in [3.05, 3.63) is 43.9 Å². The van der Waals surface area contributed by atoms with Crippen LogP contribution in [-0.4, -0.2) is 11.8 Å². The van der Waals surface area contributed by atoms with Gasteiger partial charge in [-0.25, -0.2) is 0 Å². The van der Waals surface area contributed by atoms with Crippen LogP contribution in [0.4, 0.5) is 0 Å². The molecule has 110 valence electrons. The molecule has 2 N–H and O–H groups in total. The van der Waals surface area contributed by atoms with E-state index in [4.69, 9.17) is 4.42 Å². The van der Waals surface area contributed by atoms with E-state index >= 15 is 0 Å². The van der Waals surface area contributed by atoms with Crippen molar-refractivity contribution in [2.75, 3.05) is 0 Å². The van der Waals surface area contributed by atoms with Crippen molar-refractivity contribution in [3.8, 4) is 0 Å². The van der Waals surface area contributed by atoms with Gasteiger partial charge in [0.2, 0.25) is 0 Å². The van der Waals surface area contributed by atoms with Crippen LogP contribution in [0.3, 0.4) is 0 Å². The number of carbonyl (C=O) groups excluding carboxylic acids is 2. The molecular formula is C14H13BrN2O3S. The van der Waals surface area contributed by atoms with Gasteiger partial charge >= 0.3 is 0 Å². The highest BCUT2D eigenvalue weighted by molar-refractivity contribution is 9.10. The van der Waals surface area contributed by atoms with Crippen molar-refractivity contribution in [2.45, 2.75) is 25.7 Å². The molecule has 0 atom stereocenters. The van der Waals surface area contributed by atoms with E-state index in [0.29, 0.717) is 15.1 Å². The third-order valence-corrected chi connectivity index (χ3v) is 4.99. The van der Waals surface area contributed by atoms with Gasteiger partial charge in [0.25, 0.3) is 11.8 Å². The summed E-state index contributed by atoms with van der Waals surface area (Å²) in [6.45, 7) is 0. The van der Waals surface area contributed by atoms with E-state index in [9.17, 15) is 9.59 Å². The monoisotopic (exact) mass is 368 g/mol. The highest BCUT2D eigenvalue weighted by Gasteiger charge is 2.18. The second kappa shape index (κ2) is 6.03. The molecule has 2 aromatic heterocycles. The lowest BCUT2D eigenvalue weighted by Gasteiger charge is -2.08. The van der Waals surface area contributed by atoms with Gasteiger partial charge in [0.1, 0.15) is 6.26 Å². The Kier molecular flexibility index (Phi) is 4.12. The normalized spacial score (nSPS) is 13.6. The predicted molar refractivity (Wildman–Crippen MR) is 82.3 cm³/mol. The first-order chi connectivity index (χ1) is 10.1. The molecule has 0 aliphatic heterocycles. The van der Waals surface area contributed by atoms with E-state index in [1.807, 2.05) is 6.07 Å². The summed E-state index contributed by atoms with van der Waals surface area (Å²) in [6.07, 6.45) is 5.75. The van der Waals surface area contributed by atoms with Gasteiger partial charge in [-0.15, -0.1) is 11.3 Å². The first-order valence-electron chi connectivity index (χ1n) is 6.60. The van der Waals surface area contributed by atoms with E-state index in [1.54, 1.807) is 0 Å². The van der Waals surface area contributed by atoms with Crippen molar-refractivity contribution in [3.63, 3.8) is 0 Å². The van der Waals surface area contributed by atoms with Crippen LogP contribution in [0.5, 0.6) is 0 Å². The van der Waals surface area contributed by atoms with Crippen LogP contribution < -0.4 is 10.9 Å². The second-order valence-electron chi connectivity index (χ2n) is 4.81. The smallest absolute Gasteiger partial charge is 0.279 e. The highest BCUT2D eigenvalue weighted by atomic mass is 79.9. The Hall–Kier alpha value is -1.60. The zero-order chi connectivity index (χ0) is 14.8. The molecule has 7 heteroatoms. The van der Waals surface area contributed by atoms with Gasteiger partial charge in [0.15, 0.2) is 4.67 Å². The summed E-state index contributed by atoms with van der Waals surface area (Å²) in [6, 6.07) is 3.46. The van der Waals surface area contributed by atoms with E-state index < -0.39 is 5.91 Å². The van der Waals surface area contributed by atoms with Crippen molar-refractivity contribution in [2.24, 2.45) is 0 Å². The molecule has 0 unspecified atom stereocenters. The molecule has 0 saturated heterocycles. The molecule has 5 nitrogen and oxygen atoms in total. The Balaban J connectivity index is 1.61. The highest BCUT2D eigenvalue weighted by Crippen LogP contribution is 2.29. The number of halogens is 1. The Morgan fingerprint density at radius 2 is 1.90 bits per heavy atom. The van der Waals surface area contributed by atoms with E-state index in [0.717, 1.165) is 12.8 Å². The summed E-state index contributed by atoms with van der Waals surface area (Å²) in [5, 5.41) is 0. The van der Waals surface area contributed by atoms with Gasteiger partial charge in [0.05, 0.1) is 10.4 Å². The molecule has 0 saturated carbocycles. The number of fused-ring (bicyclic) bond motifs is 1. The third kappa shape index (κ3) is 3.19. The van der Waals surface area contributed by atoms with E-state index in [1.165, 1.54) is 46.9 Å². The molecule has 2 aromatic rings. The minimum atomic E-state index is -0.417. The van der Waals surface area contributed by atoms with Gasteiger partial charge in [-0.05, 0) is 53.2 Å². The Bertz CT molecular complexity index is 669. The molecule has 2 heterocycles. The fraction of sp³-hybridized carbons (Fsp3) is 0.286. The molecule has 0 aromatic carbocycles. The molecule has 3 rings (SSSR count). The van der Waals surface area contributed by atoms with Gasteiger partial charge in [0, 0.05) is 10.9 Å². The number of thiophene rings is 1. The second-order valence-corrected chi connectivity index (χ2v) is 6.73. The maximum atomic E-state index is 12.1. The number of furan rings is 1. The van der Waals surface area contributed by atoms with Crippen LogP contribution in [0.15, 0.2) is 27.5 Å². The Morgan fingerprint density at radius 3 is 2.62 bits per heavy atom. The minimum absolute atomic E-state index is 0.287. The lowest BCUT2D eigenvalue weighted by Crippen LogP contribution is -2.41. The maximum absolute atomic E-state index is 12.1. The van der Waals surface area contributed by atoms with Crippen LogP contribution in [-0.2, 0) is 12.8 Å². The molecule has 1 aliphatic carbocycles. The predicted octanol–water partition coefficient (Wildman–Crippen LogP) is 3.06. The number of rotatable bonds is 2. The quantitative estimate of drug-likeness (QED) is 0.800. The maximum Gasteiger partial charge on any atom is 0.279 e. The molecule has 0 bridgehead atoms. The number of hydrogen-bond acceptors (Lipinski definition) is 4. The van der Waals surface area contributed by atoms with Crippen molar-refractivity contribution < 1.29 is 14.0 Å². The number of aryl methyl sites for hydroxylation is 2. The van der Waals surface area contributed by atoms with Crippen LogP contribution in [0, 0.1) is 0 Å². The van der Waals surface area contributed by atoms with E-state index in [2.05, 4.69) is 26.8 Å². The fourth-order valence-electron chi connectivity index (χ4n) is 2.28. The first kappa shape index (κ1) is 14.3. The summed E-state index contributed by atoms with van der Waals surface area (Å²) < 4.78 is 5.44. The summed E-state index contributed by atoms with van der Waals surface area (Å²) >= 11 is 4.62. The van der Waals surface area contributed by atoms with Gasteiger partial charge in [-0.1, -0.05) is 0 Å². The molecule has 0 radical (unpaired) electrons. The number of hydrazine groups is 1. The van der Waals surface area contributed by atoms with Crippen molar-refractivity contribution in [1.82, 2.24) is 10.9 Å². The number of nitrogens with one attached hydrogen (secondary N) is 2. The summed E-state index contributed by atoms with van der Waals surface area (Å²) in [4.78, 5) is 25.8. The van der Waals surface area contributed by atoms with Crippen molar-refractivity contribution >= 4 is 39.1 Å². The molecule has 1 aliphatic rings. The van der Waals surface area contributed by atoms with Crippen LogP contribution in [0.1, 0.15) is 43.3 Å². The largest absolute Gasteiger partial charge is 0.457 e. The van der Waals surface area contributed by atoms with Crippen LogP contribution >= 0.6 is 27.3 Å². The molecule has 2 amide bonds. The topological polar surface area (TPSA) is 71.3 Å². The first-order valence-corrected chi connectivity index (χ1v) is 8.21. The third-order valence-electron chi connectivity index (χ3n) is 3.34. The lowest BCUT2D eigenvalue weighted by atomic mass is 9.99. The molecule has 0 fully saturated rings. The zero-order valence-corrected chi connectivity index (χ0v) is 13.5. The summed E-state index contributed by atoms with van der Waals surface area (Å²) in [5.41, 5.74) is 6.41. The van der Waals surface area contributed by atoms with Crippen LogP contribution in [0.2, 0.25) is 0 Å². The average Bonchev–Trinajstić information content (AvgIpc) is 3.10. The summed E-state index contributed by atoms with van der Waals surface area (Å²) in [7, 11) is 0. The van der Waals surface area contributed by atoms with Gasteiger partial charge in [-0.3, -0.25) is 20.4 Å². The van der Waals surface area contributed by atoms with E-state index in [-0.39, 0.29) is 5.91 Å². The Labute approximate surface area is 133 Å². The fourth-order valence-corrected chi connectivity index (χ4v) is 3.77. The number of carbonyl (C=O) groups is 2. The molecule has 0 spiro atoms. The zero-order valence-electron chi connectivity index (χ0n) is 11.1. The molecular weight excluding hydrogens is 356 g/mol. The summed E-state index contributed by atoms with van der Waals surface area (Å²) in [5.74, 6) is -0.704. The number of hydrogen-bond donors (Lipinski definition) is 2. The SMILES string of the molecule is O=C(NNC(=O)c1cc2c(s1)CCCC2)c1coc(Br)c1. The Morgan fingerprint density at radius 1 is 1.14 bits per heavy atom. The molecule has 21 heavy (non-hydrogen) atoms. The van der Waals surface area contributed by atoms with Gasteiger partial charge < -0.3 is 4.42 Å². The lowest BCUT2D eigenvalue weighted by molar-refractivity contribution is 0.0848. The van der Waals surface area contributed by atoms with Crippen molar-refractivity contribution in [1.29, 1.82) is 0 Å². The number of amides is 2. The van der Waals surface area contributed by atoms with Crippen LogP contribution in [0.25, 0.3) is 0 Å². The standard InChI is InChI=1S/C14H13BrN2O3S/c15-12-6-9(7-20-12)13(18)16-17-14(19)11-5-8-3-1-2-4-10(8)21-11/h5-7H,1-4H2,(H,16,18)(H,17,19).